The molecule has 8 nitrogen and oxygen atoms in total. The fourth-order valence-corrected chi connectivity index (χ4v) is 6.23. The Hall–Kier alpha value is -4.41. The molecule has 3 aromatic carbocycles. The molecule has 206 valence electrons. The molecule has 4 N–H and O–H groups in total. The number of para-hydroxylation sites is 1. The molecule has 2 aromatic heterocycles. The Balaban J connectivity index is 1.42. The molecule has 2 amide bonds. The van der Waals surface area contributed by atoms with Crippen molar-refractivity contribution in [1.29, 1.82) is 5.41 Å². The van der Waals surface area contributed by atoms with E-state index in [1.165, 1.54) is 11.8 Å². The highest BCUT2D eigenvalue weighted by Gasteiger charge is 2.35. The molecule has 5 aromatic rings. The number of amides is 2. The van der Waals surface area contributed by atoms with Gasteiger partial charge in [0.15, 0.2) is 5.17 Å². The van der Waals surface area contributed by atoms with Crippen molar-refractivity contribution in [1.82, 2.24) is 14.5 Å². The summed E-state index contributed by atoms with van der Waals surface area (Å²) < 4.78 is 9.97. The van der Waals surface area contributed by atoms with Gasteiger partial charge < -0.3 is 19.6 Å². The number of fused-ring (bicyclic) bond motifs is 2. The number of nitrogens with one attached hydrogen (secondary N) is 2. The monoisotopic (exact) mass is 581 g/mol. The zero-order chi connectivity index (χ0) is 28.3. The Morgan fingerprint density at radius 2 is 1.76 bits per heavy atom. The Labute approximate surface area is 245 Å². The van der Waals surface area contributed by atoms with Crippen LogP contribution in [-0.4, -0.2) is 37.8 Å². The lowest BCUT2D eigenvalue weighted by Crippen LogP contribution is -2.23. The zero-order valence-electron chi connectivity index (χ0n) is 22.0. The number of hydrogen-bond donors (Lipinski definition) is 3. The summed E-state index contributed by atoms with van der Waals surface area (Å²) in [6.45, 7) is 0.658. The van der Waals surface area contributed by atoms with Gasteiger partial charge in [0.2, 0.25) is 0 Å². The van der Waals surface area contributed by atoms with Crippen LogP contribution in [0.3, 0.4) is 0 Å². The Morgan fingerprint density at radius 3 is 2.59 bits per heavy atom. The Morgan fingerprint density at radius 1 is 0.951 bits per heavy atom. The molecule has 0 saturated heterocycles. The molecule has 6 rings (SSSR count). The second-order valence-electron chi connectivity index (χ2n) is 9.45. The van der Waals surface area contributed by atoms with Crippen molar-refractivity contribution in [3.63, 3.8) is 0 Å². The molecule has 0 spiro atoms. The van der Waals surface area contributed by atoms with Crippen molar-refractivity contribution >= 4 is 73.6 Å². The average molecular weight is 582 g/mol. The molecule has 0 fully saturated rings. The Bertz CT molecular complexity index is 1820. The quantitative estimate of drug-likeness (QED) is 0.0482. The minimum absolute atomic E-state index is 0.0908. The molecular weight excluding hydrogens is 555 g/mol. The maximum Gasteiger partial charge on any atom is 0.275 e. The molecule has 1 aliphatic heterocycles. The van der Waals surface area contributed by atoms with Gasteiger partial charge in [0.25, 0.3) is 11.8 Å². The summed E-state index contributed by atoms with van der Waals surface area (Å²) in [5, 5.41) is 11.9. The summed E-state index contributed by atoms with van der Waals surface area (Å²) in [6, 6.07) is 25.6. The molecule has 3 heterocycles. The summed E-state index contributed by atoms with van der Waals surface area (Å²) in [6.07, 6.45) is 4.54. The van der Waals surface area contributed by atoms with Crippen molar-refractivity contribution in [2.45, 2.75) is 17.9 Å². The van der Waals surface area contributed by atoms with Crippen LogP contribution in [0, 0.1) is 5.41 Å². The maximum absolute atomic E-state index is 13.3. The number of carbonyl (C=O) groups is 2. The van der Waals surface area contributed by atoms with Crippen molar-refractivity contribution in [2.24, 2.45) is 5.73 Å². The van der Waals surface area contributed by atoms with Gasteiger partial charge in [0, 0.05) is 46.1 Å². The van der Waals surface area contributed by atoms with E-state index in [1.807, 2.05) is 91.3 Å². The number of nitrogens with two attached hydrogens (primary N) is 1. The van der Waals surface area contributed by atoms with E-state index in [0.29, 0.717) is 40.8 Å². The summed E-state index contributed by atoms with van der Waals surface area (Å²) in [5.74, 6) is 0.933. The van der Waals surface area contributed by atoms with E-state index < -0.39 is 11.8 Å². The van der Waals surface area contributed by atoms with E-state index in [9.17, 15) is 9.59 Å². The molecule has 0 saturated carbocycles. The number of amidine groups is 1. The van der Waals surface area contributed by atoms with Crippen molar-refractivity contribution in [3.05, 3.63) is 96.8 Å². The number of rotatable bonds is 10. The third kappa shape index (κ3) is 5.48. The molecule has 0 atom stereocenters. The van der Waals surface area contributed by atoms with Gasteiger partial charge in [-0.2, -0.15) is 0 Å². The van der Waals surface area contributed by atoms with Crippen LogP contribution in [0.1, 0.15) is 12.0 Å². The van der Waals surface area contributed by atoms with Gasteiger partial charge in [-0.05, 0) is 54.3 Å². The number of nitrogens with zero attached hydrogens (tertiary/aromatic N) is 2. The summed E-state index contributed by atoms with van der Waals surface area (Å²) in [5.41, 5.74) is 8.57. The number of imide groups is 1. The van der Waals surface area contributed by atoms with Gasteiger partial charge in [-0.15, -0.1) is 0 Å². The fourth-order valence-electron chi connectivity index (χ4n) is 5.05. The minimum atomic E-state index is -0.434. The van der Waals surface area contributed by atoms with E-state index in [4.69, 9.17) is 15.9 Å². The van der Waals surface area contributed by atoms with Crippen LogP contribution in [0.25, 0.3) is 33.1 Å². The number of aromatic nitrogens is 2. The van der Waals surface area contributed by atoms with Gasteiger partial charge >= 0.3 is 0 Å². The first kappa shape index (κ1) is 26.8. The van der Waals surface area contributed by atoms with Crippen molar-refractivity contribution in [3.8, 4) is 5.75 Å². The van der Waals surface area contributed by atoms with Crippen LogP contribution < -0.4 is 15.8 Å². The van der Waals surface area contributed by atoms with Gasteiger partial charge in [0.1, 0.15) is 17.4 Å². The molecule has 1 aliphatic rings. The topological polar surface area (TPSA) is 115 Å². The third-order valence-electron chi connectivity index (χ3n) is 6.86. The number of aryl methyl sites for hydroxylation is 1. The predicted molar refractivity (Wildman–Crippen MR) is 167 cm³/mol. The number of carbonyl (C=O) groups excluding carboxylic acids is 2. The third-order valence-corrected chi connectivity index (χ3v) is 8.51. The number of ether oxygens (including phenoxy) is 1. The average Bonchev–Trinajstić information content (AvgIpc) is 3.63. The highest BCUT2D eigenvalue weighted by Crippen LogP contribution is 2.37. The second kappa shape index (κ2) is 11.6. The van der Waals surface area contributed by atoms with E-state index in [1.54, 1.807) is 16.3 Å². The molecule has 0 bridgehead atoms. The normalized spacial score (nSPS) is 13.4. The van der Waals surface area contributed by atoms with Crippen LogP contribution >= 0.6 is 23.5 Å². The number of benzene rings is 3. The van der Waals surface area contributed by atoms with Crippen molar-refractivity contribution in [2.75, 3.05) is 11.7 Å². The predicted octanol–water partition coefficient (Wildman–Crippen LogP) is 5.77. The second-order valence-corrected chi connectivity index (χ2v) is 11.6. The first-order valence-electron chi connectivity index (χ1n) is 13.1. The molecule has 0 radical (unpaired) electrons. The van der Waals surface area contributed by atoms with Gasteiger partial charge in [0.05, 0.1) is 11.1 Å². The highest BCUT2D eigenvalue weighted by atomic mass is 32.2. The molecule has 41 heavy (non-hydrogen) atoms. The summed E-state index contributed by atoms with van der Waals surface area (Å²) in [4.78, 5) is 27.6. The van der Waals surface area contributed by atoms with Crippen LogP contribution in [0.5, 0.6) is 5.75 Å². The van der Waals surface area contributed by atoms with E-state index >= 15 is 0 Å². The lowest BCUT2D eigenvalue weighted by molar-refractivity contribution is -0.122. The zero-order valence-corrected chi connectivity index (χ0v) is 23.6. The van der Waals surface area contributed by atoms with Gasteiger partial charge in [-0.1, -0.05) is 59.9 Å². The summed E-state index contributed by atoms with van der Waals surface area (Å²) >= 11 is 2.90. The fraction of sp³-hybridized carbons (Fsp3) is 0.129. The van der Waals surface area contributed by atoms with E-state index in [0.717, 1.165) is 33.1 Å². The molecule has 0 aliphatic carbocycles. The van der Waals surface area contributed by atoms with Crippen LogP contribution in [0.15, 0.2) is 96.2 Å². The Kier molecular flexibility index (Phi) is 7.58. The van der Waals surface area contributed by atoms with Crippen LogP contribution in [0.2, 0.25) is 0 Å². The minimum Gasteiger partial charge on any atom is -0.483 e. The number of thioether (sulfide) groups is 2. The van der Waals surface area contributed by atoms with Crippen molar-refractivity contribution < 1.29 is 14.3 Å². The number of hydrogen-bond acceptors (Lipinski definition) is 6. The summed E-state index contributed by atoms with van der Waals surface area (Å²) in [7, 11) is 0. The van der Waals surface area contributed by atoms with Crippen LogP contribution in [-0.2, 0) is 16.1 Å². The lowest BCUT2D eigenvalue weighted by atomic mass is 10.0. The first-order chi connectivity index (χ1) is 20.0. The van der Waals surface area contributed by atoms with Crippen LogP contribution in [0.4, 0.5) is 0 Å². The SMILES string of the molecule is N=C(N)SCCCn1cc(C2=C(n3ccc4ccccc43)C(=O)NC2=O)c2cc(OCSc3ccccc3)ccc21. The smallest absolute Gasteiger partial charge is 0.275 e. The molecular formula is C31H27N5O3S2. The lowest BCUT2D eigenvalue weighted by Gasteiger charge is -2.09. The largest absolute Gasteiger partial charge is 0.483 e. The highest BCUT2D eigenvalue weighted by molar-refractivity contribution is 8.13. The van der Waals surface area contributed by atoms with E-state index in [-0.39, 0.29) is 5.17 Å². The first-order valence-corrected chi connectivity index (χ1v) is 15.0. The maximum atomic E-state index is 13.3. The molecule has 0 unspecified atom stereocenters. The van der Waals surface area contributed by atoms with Gasteiger partial charge in [-0.3, -0.25) is 20.3 Å². The van der Waals surface area contributed by atoms with Gasteiger partial charge in [-0.25, -0.2) is 0 Å². The molecule has 10 heteroatoms. The standard InChI is InChI=1S/C31H27N5O3S2/c32-31(33)40-16-6-14-35-18-24(23-17-21(11-12-26(23)35)39-19-41-22-8-2-1-3-9-22)27-28(30(38)34-29(27)37)36-15-13-20-7-4-5-10-25(20)36/h1-5,7-13,15,17-18H,6,14,16,19H2,(H3,32,33)(H,34,37,38). The van der Waals surface area contributed by atoms with E-state index in [2.05, 4.69) is 9.88 Å².